The van der Waals surface area contributed by atoms with Crippen LogP contribution in [0.3, 0.4) is 0 Å². The molecule has 0 radical (unpaired) electrons. The van der Waals surface area contributed by atoms with Crippen LogP contribution in [0.4, 0.5) is 0 Å². The van der Waals surface area contributed by atoms with Gasteiger partial charge in [0.05, 0.1) is 0 Å². The van der Waals surface area contributed by atoms with Crippen LogP contribution in [-0.4, -0.2) is 57.3 Å². The van der Waals surface area contributed by atoms with Crippen LogP contribution in [0.2, 0.25) is 18.1 Å². The molecule has 0 rings (SSSR count). The SMILES string of the molecule is CCN(C)[Si](C)(C)C(C)(C)C.CO[SiH](OC)OC. The van der Waals surface area contributed by atoms with Gasteiger partial charge in [-0.3, -0.25) is 0 Å². The summed E-state index contributed by atoms with van der Waals surface area (Å²) in [5, 5.41) is 0.484. The molecule has 0 spiro atoms. The second-order valence-corrected chi connectivity index (χ2v) is 13.2. The third kappa shape index (κ3) is 7.01. The predicted octanol–water partition coefficient (Wildman–Crippen LogP) is 2.59. The minimum atomic E-state index is -1.67. The molecule has 0 aromatic rings. The zero-order chi connectivity index (χ0) is 15.0. The van der Waals surface area contributed by atoms with Gasteiger partial charge in [-0.15, -0.1) is 0 Å². The van der Waals surface area contributed by atoms with E-state index in [0.29, 0.717) is 5.04 Å². The summed E-state index contributed by atoms with van der Waals surface area (Å²) in [4.78, 5) is 0. The van der Waals surface area contributed by atoms with Crippen LogP contribution in [0.15, 0.2) is 0 Å². The molecule has 0 amide bonds. The van der Waals surface area contributed by atoms with Crippen LogP contribution < -0.4 is 0 Å². The van der Waals surface area contributed by atoms with Crippen LogP contribution in [0.25, 0.3) is 0 Å². The van der Waals surface area contributed by atoms with E-state index in [2.05, 4.69) is 52.4 Å². The molecule has 18 heavy (non-hydrogen) atoms. The van der Waals surface area contributed by atoms with E-state index in [9.17, 15) is 0 Å². The molecule has 0 heterocycles. The van der Waals surface area contributed by atoms with Crippen LogP contribution >= 0.6 is 0 Å². The molecular formula is C12H33NO3Si2. The average Bonchev–Trinajstić information content (AvgIpc) is 2.29. The van der Waals surface area contributed by atoms with Crippen molar-refractivity contribution in [2.45, 2.75) is 45.8 Å². The Morgan fingerprint density at radius 2 is 1.33 bits per heavy atom. The van der Waals surface area contributed by atoms with Crippen molar-refractivity contribution >= 4 is 17.8 Å². The van der Waals surface area contributed by atoms with Gasteiger partial charge in [-0.2, -0.15) is 0 Å². The Kier molecular flexibility index (Phi) is 10.5. The average molecular weight is 296 g/mol. The van der Waals surface area contributed by atoms with E-state index in [1.54, 1.807) is 21.3 Å². The zero-order valence-electron chi connectivity index (χ0n) is 14.0. The van der Waals surface area contributed by atoms with Gasteiger partial charge in [-0.1, -0.05) is 40.8 Å². The molecule has 0 N–H and O–H groups in total. The van der Waals surface area contributed by atoms with Gasteiger partial charge in [0.25, 0.3) is 0 Å². The minimum Gasteiger partial charge on any atom is -0.379 e. The third-order valence-corrected chi connectivity index (χ3v) is 10.9. The molecule has 4 nitrogen and oxygen atoms in total. The molecule has 0 aromatic carbocycles. The number of nitrogens with zero attached hydrogens (tertiary/aromatic N) is 1. The molecule has 0 saturated carbocycles. The smallest absolute Gasteiger partial charge is 0.379 e. The van der Waals surface area contributed by atoms with Gasteiger partial charge in [0, 0.05) is 21.3 Å². The second kappa shape index (κ2) is 9.22. The zero-order valence-corrected chi connectivity index (χ0v) is 16.1. The van der Waals surface area contributed by atoms with Crippen molar-refractivity contribution in [3.8, 4) is 0 Å². The maximum absolute atomic E-state index is 4.74. The summed E-state index contributed by atoms with van der Waals surface area (Å²) < 4.78 is 16.8. The van der Waals surface area contributed by atoms with Crippen molar-refractivity contribution in [3.63, 3.8) is 0 Å². The first kappa shape index (κ1) is 20.6. The van der Waals surface area contributed by atoms with E-state index < -0.39 is 17.8 Å². The Morgan fingerprint density at radius 3 is 1.39 bits per heavy atom. The molecule has 0 aliphatic rings. The third-order valence-electron chi connectivity index (χ3n) is 3.84. The highest BCUT2D eigenvalue weighted by Gasteiger charge is 2.38. The van der Waals surface area contributed by atoms with Gasteiger partial charge in [-0.25, -0.2) is 0 Å². The first-order valence-electron chi connectivity index (χ1n) is 6.38. The Balaban J connectivity index is 0. The summed E-state index contributed by atoms with van der Waals surface area (Å²) in [6, 6.07) is 0. The molecule has 0 unspecified atom stereocenters. The molecule has 0 fully saturated rings. The lowest BCUT2D eigenvalue weighted by Gasteiger charge is -2.43. The summed E-state index contributed by atoms with van der Waals surface area (Å²) >= 11 is 0. The first-order valence-corrected chi connectivity index (χ1v) is 10.7. The summed E-state index contributed by atoms with van der Waals surface area (Å²) in [5.41, 5.74) is 0. The fourth-order valence-electron chi connectivity index (χ4n) is 1.26. The fraction of sp³-hybridized carbons (Fsp3) is 1.00. The highest BCUT2D eigenvalue weighted by Crippen LogP contribution is 2.37. The summed E-state index contributed by atoms with van der Waals surface area (Å²) in [5.74, 6) is 0. The Morgan fingerprint density at radius 1 is 1.00 bits per heavy atom. The molecular weight excluding hydrogens is 262 g/mol. The van der Waals surface area contributed by atoms with Crippen molar-refractivity contribution in [1.29, 1.82) is 0 Å². The highest BCUT2D eigenvalue weighted by atomic mass is 28.3. The van der Waals surface area contributed by atoms with Gasteiger partial charge in [0.15, 0.2) is 0 Å². The topological polar surface area (TPSA) is 30.9 Å². The van der Waals surface area contributed by atoms with Gasteiger partial charge in [0.1, 0.15) is 8.24 Å². The van der Waals surface area contributed by atoms with E-state index in [-0.39, 0.29) is 0 Å². The van der Waals surface area contributed by atoms with Crippen LogP contribution in [0.5, 0.6) is 0 Å². The fourth-order valence-corrected chi connectivity index (χ4v) is 3.77. The van der Waals surface area contributed by atoms with Crippen molar-refractivity contribution in [1.82, 2.24) is 4.57 Å². The number of rotatable bonds is 5. The first-order chi connectivity index (χ1) is 8.08. The lowest BCUT2D eigenvalue weighted by Crippen LogP contribution is -2.52. The quantitative estimate of drug-likeness (QED) is 0.730. The summed E-state index contributed by atoms with van der Waals surface area (Å²) in [6.07, 6.45) is 0. The van der Waals surface area contributed by atoms with Crippen molar-refractivity contribution < 1.29 is 13.3 Å². The number of hydrogen-bond donors (Lipinski definition) is 0. The highest BCUT2D eigenvalue weighted by molar-refractivity contribution is 6.77. The molecule has 0 aliphatic heterocycles. The van der Waals surface area contributed by atoms with E-state index in [4.69, 9.17) is 13.3 Å². The van der Waals surface area contributed by atoms with Gasteiger partial charge < -0.3 is 17.8 Å². The van der Waals surface area contributed by atoms with Gasteiger partial charge >= 0.3 is 9.53 Å². The summed E-state index contributed by atoms with van der Waals surface area (Å²) in [6.45, 7) is 15.4. The molecule has 0 aliphatic carbocycles. The van der Waals surface area contributed by atoms with Crippen LogP contribution in [0, 0.1) is 0 Å². The van der Waals surface area contributed by atoms with Crippen molar-refractivity contribution in [3.05, 3.63) is 0 Å². The van der Waals surface area contributed by atoms with Gasteiger partial charge in [-0.05, 0) is 18.6 Å². The monoisotopic (exact) mass is 295 g/mol. The Labute approximate surface area is 117 Å². The molecule has 0 atom stereocenters. The van der Waals surface area contributed by atoms with Gasteiger partial charge in [0.2, 0.25) is 0 Å². The maximum Gasteiger partial charge on any atom is 0.483 e. The normalized spacial score (nSPS) is 12.7. The minimum absolute atomic E-state index is 0.484. The van der Waals surface area contributed by atoms with Crippen molar-refractivity contribution in [2.75, 3.05) is 34.9 Å². The Hall–Kier alpha value is 0.274. The summed E-state index contributed by atoms with van der Waals surface area (Å²) in [7, 11) is 4.12. The van der Waals surface area contributed by atoms with E-state index in [1.807, 2.05) is 0 Å². The van der Waals surface area contributed by atoms with Crippen LogP contribution in [-0.2, 0) is 13.3 Å². The van der Waals surface area contributed by atoms with E-state index >= 15 is 0 Å². The Bertz CT molecular complexity index is 198. The standard InChI is InChI=1S/C9H23NSi.C3H10O3Si/c1-8-10(5)11(6,7)9(2,3)4;1-4-7(5-2)6-3/h8H2,1-7H3;7H,1-3H3. The van der Waals surface area contributed by atoms with Crippen molar-refractivity contribution in [2.24, 2.45) is 0 Å². The molecule has 112 valence electrons. The molecule has 0 bridgehead atoms. The lowest BCUT2D eigenvalue weighted by atomic mass is 10.2. The van der Waals surface area contributed by atoms with E-state index in [1.165, 1.54) is 6.54 Å². The molecule has 0 aromatic heterocycles. The maximum atomic E-state index is 4.74. The lowest BCUT2D eigenvalue weighted by molar-refractivity contribution is 0.163. The largest absolute Gasteiger partial charge is 0.483 e. The molecule has 6 heteroatoms. The number of hydrogen-bond acceptors (Lipinski definition) is 4. The molecule has 0 saturated heterocycles. The van der Waals surface area contributed by atoms with Crippen LogP contribution in [0.1, 0.15) is 27.7 Å². The second-order valence-electron chi connectivity index (χ2n) is 5.82. The van der Waals surface area contributed by atoms with E-state index in [0.717, 1.165) is 0 Å². The predicted molar refractivity (Wildman–Crippen MR) is 83.7 cm³/mol.